The van der Waals surface area contributed by atoms with Crippen molar-refractivity contribution in [2.75, 3.05) is 13.1 Å². The van der Waals surface area contributed by atoms with Gasteiger partial charge < -0.3 is 54.8 Å². The smallest absolute Gasteiger partial charge is 0.326 e. The second kappa shape index (κ2) is 18.3. The van der Waals surface area contributed by atoms with Crippen molar-refractivity contribution >= 4 is 41.5 Å². The largest absolute Gasteiger partial charge is 0.481 e. The van der Waals surface area contributed by atoms with Gasteiger partial charge in [-0.3, -0.25) is 29.0 Å². The molecule has 0 aromatic heterocycles. The lowest BCUT2D eigenvalue weighted by molar-refractivity contribution is -0.143. The Morgan fingerprint density at radius 3 is 1.76 bits per heavy atom. The summed E-state index contributed by atoms with van der Waals surface area (Å²) in [6, 6.07) is -5.36. The molecule has 0 aliphatic carbocycles. The maximum atomic E-state index is 13.0. The number of carbonyl (C=O) groups excluding carboxylic acids is 4. The molecule has 0 saturated carbocycles. The van der Waals surface area contributed by atoms with E-state index in [-0.39, 0.29) is 38.2 Å². The van der Waals surface area contributed by atoms with E-state index >= 15 is 0 Å². The number of guanidine groups is 1. The molecule has 4 atom stereocenters. The number of aliphatic imine (C=N–C) groups is 1. The zero-order valence-electron chi connectivity index (χ0n) is 21.1. The molecule has 0 rings (SSSR count). The van der Waals surface area contributed by atoms with Gasteiger partial charge in [0.15, 0.2) is 5.96 Å². The first-order valence-corrected chi connectivity index (χ1v) is 11.9. The number of hydrogen-bond donors (Lipinski definition) is 10. The van der Waals surface area contributed by atoms with Crippen LogP contribution in [0.5, 0.6) is 0 Å². The number of carboxylic acids is 2. The van der Waals surface area contributed by atoms with E-state index in [0.717, 1.165) is 0 Å². The monoisotopic (exact) mass is 545 g/mol. The zero-order chi connectivity index (χ0) is 29.3. The summed E-state index contributed by atoms with van der Waals surface area (Å²) in [5.74, 6) is -6.27. The molecule has 4 unspecified atom stereocenters. The van der Waals surface area contributed by atoms with Gasteiger partial charge >= 0.3 is 11.9 Å². The maximum Gasteiger partial charge on any atom is 0.326 e. The Morgan fingerprint density at radius 2 is 1.26 bits per heavy atom. The van der Waals surface area contributed by atoms with Crippen LogP contribution in [0.15, 0.2) is 4.99 Å². The van der Waals surface area contributed by atoms with Crippen LogP contribution in [0, 0.1) is 0 Å². The number of nitrogens with one attached hydrogen (secondary N) is 3. The van der Waals surface area contributed by atoms with Crippen molar-refractivity contribution < 1.29 is 39.0 Å². The van der Waals surface area contributed by atoms with E-state index in [4.69, 9.17) is 33.8 Å². The number of carboxylic acid groups (broad SMARTS) is 2. The fourth-order valence-corrected chi connectivity index (χ4v) is 3.19. The molecule has 0 spiro atoms. The van der Waals surface area contributed by atoms with Gasteiger partial charge in [0.25, 0.3) is 0 Å². The third-order valence-electron chi connectivity index (χ3n) is 5.18. The van der Waals surface area contributed by atoms with Crippen molar-refractivity contribution in [3.63, 3.8) is 0 Å². The second-order valence-electron chi connectivity index (χ2n) is 8.46. The van der Waals surface area contributed by atoms with E-state index in [1.54, 1.807) is 0 Å². The molecule has 0 radical (unpaired) electrons. The fourth-order valence-electron chi connectivity index (χ4n) is 3.19. The summed E-state index contributed by atoms with van der Waals surface area (Å²) in [7, 11) is 0. The Labute approximate surface area is 219 Å². The van der Waals surface area contributed by atoms with Crippen LogP contribution in [0.2, 0.25) is 0 Å². The molecule has 0 fully saturated rings. The third kappa shape index (κ3) is 15.2. The Balaban J connectivity index is 5.67. The Morgan fingerprint density at radius 1 is 0.737 bits per heavy atom. The number of nitrogens with zero attached hydrogens (tertiary/aromatic N) is 1. The Kier molecular flexibility index (Phi) is 16.4. The molecule has 0 aromatic rings. The first-order valence-electron chi connectivity index (χ1n) is 11.9. The van der Waals surface area contributed by atoms with Crippen molar-refractivity contribution in [3.05, 3.63) is 0 Å². The highest BCUT2D eigenvalue weighted by atomic mass is 16.4. The van der Waals surface area contributed by atoms with Gasteiger partial charge in [-0.2, -0.15) is 0 Å². The predicted octanol–water partition coefficient (Wildman–Crippen LogP) is -4.22. The SMILES string of the molecule is NCCCCC(NC(=O)C(CCC(=O)O)NC(=O)C(CCCN=C(N)N)NC(=O)C(N)CC(N)=O)C(=O)O. The summed E-state index contributed by atoms with van der Waals surface area (Å²) in [6.45, 7) is 0.429. The lowest BCUT2D eigenvalue weighted by Crippen LogP contribution is -2.57. The van der Waals surface area contributed by atoms with E-state index in [1.165, 1.54) is 0 Å². The first kappa shape index (κ1) is 34.0. The van der Waals surface area contributed by atoms with Gasteiger partial charge in [-0.25, -0.2) is 4.79 Å². The third-order valence-corrected chi connectivity index (χ3v) is 5.18. The zero-order valence-corrected chi connectivity index (χ0v) is 21.1. The van der Waals surface area contributed by atoms with Crippen molar-refractivity contribution in [2.24, 2.45) is 33.7 Å². The molecule has 0 heterocycles. The van der Waals surface area contributed by atoms with Crippen LogP contribution in [0.3, 0.4) is 0 Å². The number of primary amides is 1. The van der Waals surface area contributed by atoms with Gasteiger partial charge in [-0.15, -0.1) is 0 Å². The maximum absolute atomic E-state index is 13.0. The Hall–Kier alpha value is -3.99. The van der Waals surface area contributed by atoms with Crippen LogP contribution >= 0.6 is 0 Å². The molecule has 216 valence electrons. The quantitative estimate of drug-likeness (QED) is 0.0395. The first-order chi connectivity index (χ1) is 17.8. The van der Waals surface area contributed by atoms with Crippen LogP contribution < -0.4 is 44.6 Å². The summed E-state index contributed by atoms with van der Waals surface area (Å²) in [6.07, 6.45) is -0.186. The fraction of sp³-hybridized carbons (Fsp3) is 0.667. The van der Waals surface area contributed by atoms with Gasteiger partial charge in [0.1, 0.15) is 18.1 Å². The van der Waals surface area contributed by atoms with Gasteiger partial charge in [0.2, 0.25) is 23.6 Å². The number of unbranched alkanes of at least 4 members (excludes halogenated alkanes) is 1. The molecule has 38 heavy (non-hydrogen) atoms. The summed E-state index contributed by atoms with van der Waals surface area (Å²) in [5.41, 5.74) is 26.6. The van der Waals surface area contributed by atoms with E-state index in [1.807, 2.05) is 0 Å². The topological polar surface area (TPSA) is 321 Å². The molecule has 0 aromatic carbocycles. The molecule has 0 saturated heterocycles. The highest BCUT2D eigenvalue weighted by Gasteiger charge is 2.30. The summed E-state index contributed by atoms with van der Waals surface area (Å²) < 4.78 is 0. The normalized spacial score (nSPS) is 13.7. The minimum atomic E-state index is -1.44. The van der Waals surface area contributed by atoms with Crippen molar-refractivity contribution in [1.29, 1.82) is 0 Å². The lowest BCUT2D eigenvalue weighted by atomic mass is 10.0. The van der Waals surface area contributed by atoms with E-state index < -0.39 is 72.6 Å². The number of aliphatic carboxylic acids is 2. The molecule has 17 heteroatoms. The minimum Gasteiger partial charge on any atom is -0.481 e. The summed E-state index contributed by atoms with van der Waals surface area (Å²) in [4.78, 5) is 75.8. The van der Waals surface area contributed by atoms with E-state index in [9.17, 15) is 33.9 Å². The number of nitrogens with two attached hydrogens (primary N) is 5. The second-order valence-corrected chi connectivity index (χ2v) is 8.46. The molecule has 17 nitrogen and oxygen atoms in total. The number of hydrogen-bond acceptors (Lipinski definition) is 9. The van der Waals surface area contributed by atoms with Gasteiger partial charge in [0, 0.05) is 13.0 Å². The van der Waals surface area contributed by atoms with Crippen LogP contribution in [-0.4, -0.2) is 89.0 Å². The van der Waals surface area contributed by atoms with E-state index in [0.29, 0.717) is 19.4 Å². The van der Waals surface area contributed by atoms with Gasteiger partial charge in [0.05, 0.1) is 12.5 Å². The standard InChI is InChI=1S/C21H39N9O8/c22-8-2-1-4-14(20(37)38)30-19(36)13(6-7-16(32)33)29-18(35)12(5-3-9-27-21(25)26)28-17(34)11(23)10-15(24)31/h11-14H,1-10,22-23H2,(H2,24,31)(H,28,34)(H,29,35)(H,30,36)(H,32,33)(H,37,38)(H4,25,26,27). The predicted molar refractivity (Wildman–Crippen MR) is 135 cm³/mol. The minimum absolute atomic E-state index is 0.0260. The van der Waals surface area contributed by atoms with Gasteiger partial charge in [-0.05, 0) is 45.1 Å². The highest BCUT2D eigenvalue weighted by Crippen LogP contribution is 2.07. The van der Waals surface area contributed by atoms with Crippen LogP contribution in [-0.2, 0) is 28.8 Å². The average molecular weight is 546 g/mol. The van der Waals surface area contributed by atoms with Crippen LogP contribution in [0.4, 0.5) is 0 Å². The van der Waals surface area contributed by atoms with Crippen LogP contribution in [0.1, 0.15) is 51.4 Å². The van der Waals surface area contributed by atoms with Crippen molar-refractivity contribution in [2.45, 2.75) is 75.5 Å². The number of rotatable bonds is 20. The lowest BCUT2D eigenvalue weighted by Gasteiger charge is -2.25. The van der Waals surface area contributed by atoms with Crippen molar-refractivity contribution in [1.82, 2.24) is 16.0 Å². The number of carbonyl (C=O) groups is 6. The molecule has 15 N–H and O–H groups in total. The summed E-state index contributed by atoms with van der Waals surface area (Å²) in [5, 5.41) is 25.5. The molecule has 0 bridgehead atoms. The number of amides is 4. The summed E-state index contributed by atoms with van der Waals surface area (Å²) >= 11 is 0. The molecular formula is C21H39N9O8. The Bertz CT molecular complexity index is 864. The van der Waals surface area contributed by atoms with E-state index in [2.05, 4.69) is 20.9 Å². The molecule has 0 aliphatic rings. The molecule has 4 amide bonds. The molecule has 0 aliphatic heterocycles. The van der Waals surface area contributed by atoms with Crippen LogP contribution in [0.25, 0.3) is 0 Å². The average Bonchev–Trinajstić information content (AvgIpc) is 2.81. The van der Waals surface area contributed by atoms with Crippen molar-refractivity contribution in [3.8, 4) is 0 Å². The highest BCUT2D eigenvalue weighted by molar-refractivity contribution is 5.95. The van der Waals surface area contributed by atoms with Gasteiger partial charge in [-0.1, -0.05) is 0 Å². The molecular weight excluding hydrogens is 506 g/mol.